The average Bonchev–Trinajstić information content (AvgIpc) is 3.31. The van der Waals surface area contributed by atoms with E-state index >= 15 is 0 Å². The third-order valence-electron chi connectivity index (χ3n) is 3.81. The molecule has 3 aromatic rings. The Morgan fingerprint density at radius 2 is 1.96 bits per heavy atom. The average molecular weight is 324 g/mol. The highest BCUT2D eigenvalue weighted by Gasteiger charge is 2.21. The van der Waals surface area contributed by atoms with Crippen molar-refractivity contribution in [3.8, 4) is 5.75 Å². The van der Waals surface area contributed by atoms with Crippen LogP contribution in [0.25, 0.3) is 10.2 Å². The molecule has 1 heterocycles. The standard InChI is InChI=1S/C18H16N2O2S/c21-17(20-18-19-15-3-1-2-4-16(15)23-18)13-7-9-14(10-8-13)22-11-12-5-6-12/h1-4,7-10,12H,5-6,11H2,(H,19,20,21). The Kier molecular flexibility index (Phi) is 3.71. The Balaban J connectivity index is 1.43. The third kappa shape index (κ3) is 3.35. The molecule has 1 amide bonds. The number of hydrogen-bond donors (Lipinski definition) is 1. The molecule has 23 heavy (non-hydrogen) atoms. The first-order valence-electron chi connectivity index (χ1n) is 7.68. The fraction of sp³-hybridized carbons (Fsp3) is 0.222. The van der Waals surface area contributed by atoms with E-state index < -0.39 is 0 Å². The van der Waals surface area contributed by atoms with E-state index in [9.17, 15) is 4.79 Å². The minimum Gasteiger partial charge on any atom is -0.493 e. The van der Waals surface area contributed by atoms with Crippen molar-refractivity contribution >= 4 is 32.6 Å². The van der Waals surface area contributed by atoms with Gasteiger partial charge in [-0.3, -0.25) is 10.1 Å². The summed E-state index contributed by atoms with van der Waals surface area (Å²) in [6, 6.07) is 15.1. The summed E-state index contributed by atoms with van der Waals surface area (Å²) in [6.07, 6.45) is 2.53. The Bertz CT molecular complexity index is 805. The van der Waals surface area contributed by atoms with E-state index in [1.165, 1.54) is 24.2 Å². The fourth-order valence-corrected chi connectivity index (χ4v) is 3.16. The number of rotatable bonds is 5. The second-order valence-corrected chi connectivity index (χ2v) is 6.75. The van der Waals surface area contributed by atoms with Crippen LogP contribution in [0, 0.1) is 5.92 Å². The van der Waals surface area contributed by atoms with Crippen molar-refractivity contribution in [2.75, 3.05) is 11.9 Å². The Morgan fingerprint density at radius 3 is 2.70 bits per heavy atom. The van der Waals surface area contributed by atoms with Crippen LogP contribution in [0.15, 0.2) is 48.5 Å². The summed E-state index contributed by atoms with van der Waals surface area (Å²) in [5.41, 5.74) is 1.50. The number of nitrogens with one attached hydrogen (secondary N) is 1. The van der Waals surface area contributed by atoms with Crippen molar-refractivity contribution in [2.45, 2.75) is 12.8 Å². The van der Waals surface area contributed by atoms with Crippen molar-refractivity contribution in [2.24, 2.45) is 5.92 Å². The summed E-state index contributed by atoms with van der Waals surface area (Å²) in [5, 5.41) is 3.47. The Morgan fingerprint density at radius 1 is 1.17 bits per heavy atom. The summed E-state index contributed by atoms with van der Waals surface area (Å²) >= 11 is 1.47. The molecule has 116 valence electrons. The van der Waals surface area contributed by atoms with E-state index in [0.717, 1.165) is 28.5 Å². The van der Waals surface area contributed by atoms with Gasteiger partial charge in [0.1, 0.15) is 5.75 Å². The first-order valence-corrected chi connectivity index (χ1v) is 8.49. The molecule has 1 saturated carbocycles. The van der Waals surface area contributed by atoms with Gasteiger partial charge in [0.15, 0.2) is 5.13 Å². The predicted molar refractivity (Wildman–Crippen MR) is 92.2 cm³/mol. The number of thiazole rings is 1. The summed E-state index contributed by atoms with van der Waals surface area (Å²) in [4.78, 5) is 16.7. The highest BCUT2D eigenvalue weighted by molar-refractivity contribution is 7.22. The maximum Gasteiger partial charge on any atom is 0.257 e. The van der Waals surface area contributed by atoms with Crippen molar-refractivity contribution in [1.82, 2.24) is 4.98 Å². The van der Waals surface area contributed by atoms with E-state index in [1.54, 1.807) is 12.1 Å². The molecule has 0 saturated heterocycles. The van der Waals surface area contributed by atoms with Crippen molar-refractivity contribution in [3.05, 3.63) is 54.1 Å². The van der Waals surface area contributed by atoms with Crippen molar-refractivity contribution < 1.29 is 9.53 Å². The number of nitrogens with zero attached hydrogens (tertiary/aromatic N) is 1. The smallest absolute Gasteiger partial charge is 0.257 e. The van der Waals surface area contributed by atoms with Gasteiger partial charge < -0.3 is 4.74 Å². The largest absolute Gasteiger partial charge is 0.493 e. The second-order valence-electron chi connectivity index (χ2n) is 5.72. The maximum atomic E-state index is 12.3. The molecule has 1 aromatic heterocycles. The van der Waals surface area contributed by atoms with Crippen LogP contribution in [0.2, 0.25) is 0 Å². The minimum absolute atomic E-state index is 0.155. The SMILES string of the molecule is O=C(Nc1nc2ccccc2s1)c1ccc(OCC2CC2)cc1. The third-order valence-corrected chi connectivity index (χ3v) is 4.77. The fourth-order valence-electron chi connectivity index (χ4n) is 2.30. The Labute approximate surface area is 138 Å². The lowest BCUT2D eigenvalue weighted by molar-refractivity contribution is 0.102. The van der Waals surface area contributed by atoms with Gasteiger partial charge in [0, 0.05) is 5.56 Å². The van der Waals surface area contributed by atoms with Crippen LogP contribution in [-0.4, -0.2) is 17.5 Å². The predicted octanol–water partition coefficient (Wildman–Crippen LogP) is 4.34. The maximum absolute atomic E-state index is 12.3. The number of hydrogen-bond acceptors (Lipinski definition) is 4. The van der Waals surface area contributed by atoms with Crippen LogP contribution in [0.1, 0.15) is 23.2 Å². The lowest BCUT2D eigenvalue weighted by Crippen LogP contribution is -2.11. The molecule has 5 heteroatoms. The molecule has 2 aromatic carbocycles. The van der Waals surface area contributed by atoms with E-state index in [4.69, 9.17) is 4.74 Å². The van der Waals surface area contributed by atoms with Crippen molar-refractivity contribution in [1.29, 1.82) is 0 Å². The van der Waals surface area contributed by atoms with Crippen molar-refractivity contribution in [3.63, 3.8) is 0 Å². The van der Waals surface area contributed by atoms with Gasteiger partial charge in [0.2, 0.25) is 0 Å². The zero-order chi connectivity index (χ0) is 15.6. The second kappa shape index (κ2) is 6.01. The molecule has 0 atom stereocenters. The normalized spacial score (nSPS) is 13.9. The van der Waals surface area contributed by atoms with Gasteiger partial charge in [-0.15, -0.1) is 0 Å². The number of carbonyl (C=O) groups excluding carboxylic acids is 1. The van der Waals surface area contributed by atoms with Gasteiger partial charge in [-0.25, -0.2) is 4.98 Å². The minimum atomic E-state index is -0.155. The lowest BCUT2D eigenvalue weighted by Gasteiger charge is -2.06. The quantitative estimate of drug-likeness (QED) is 0.759. The number of carbonyl (C=O) groups is 1. The highest BCUT2D eigenvalue weighted by atomic mass is 32.1. The molecule has 1 N–H and O–H groups in total. The van der Waals surface area contributed by atoms with Gasteiger partial charge in [-0.1, -0.05) is 23.5 Å². The highest BCUT2D eigenvalue weighted by Crippen LogP contribution is 2.29. The van der Waals surface area contributed by atoms with E-state index in [2.05, 4.69) is 10.3 Å². The Hall–Kier alpha value is -2.40. The van der Waals surface area contributed by atoms with Crippen LogP contribution >= 0.6 is 11.3 Å². The van der Waals surface area contributed by atoms with E-state index in [1.807, 2.05) is 36.4 Å². The molecule has 0 spiro atoms. The van der Waals surface area contributed by atoms with Crippen LogP contribution in [0.5, 0.6) is 5.75 Å². The first kappa shape index (κ1) is 14.2. The summed E-state index contributed by atoms with van der Waals surface area (Å²) in [5.74, 6) is 1.38. The zero-order valence-electron chi connectivity index (χ0n) is 12.5. The van der Waals surface area contributed by atoms with Gasteiger partial charge >= 0.3 is 0 Å². The number of anilines is 1. The van der Waals surface area contributed by atoms with Crippen LogP contribution in [0.3, 0.4) is 0 Å². The van der Waals surface area contributed by atoms with Crippen LogP contribution in [0.4, 0.5) is 5.13 Å². The number of benzene rings is 2. The number of para-hydroxylation sites is 1. The summed E-state index contributed by atoms with van der Waals surface area (Å²) in [6.45, 7) is 0.775. The molecule has 1 fully saturated rings. The van der Waals surface area contributed by atoms with Gasteiger partial charge in [0.05, 0.1) is 16.8 Å². The van der Waals surface area contributed by atoms with E-state index in [0.29, 0.717) is 10.7 Å². The number of aromatic nitrogens is 1. The zero-order valence-corrected chi connectivity index (χ0v) is 13.3. The number of amides is 1. The van der Waals surface area contributed by atoms with Gasteiger partial charge in [0.25, 0.3) is 5.91 Å². The molecule has 4 rings (SSSR count). The topological polar surface area (TPSA) is 51.2 Å². The molecule has 0 unspecified atom stereocenters. The molecule has 0 radical (unpaired) electrons. The van der Waals surface area contributed by atoms with Gasteiger partial charge in [-0.05, 0) is 55.2 Å². The molecular formula is C18H16N2O2S. The molecular weight excluding hydrogens is 308 g/mol. The van der Waals surface area contributed by atoms with E-state index in [-0.39, 0.29) is 5.91 Å². The van der Waals surface area contributed by atoms with Crippen LogP contribution in [-0.2, 0) is 0 Å². The number of fused-ring (bicyclic) bond motifs is 1. The molecule has 4 nitrogen and oxygen atoms in total. The monoisotopic (exact) mass is 324 g/mol. The first-order chi connectivity index (χ1) is 11.3. The summed E-state index contributed by atoms with van der Waals surface area (Å²) in [7, 11) is 0. The molecule has 0 aliphatic heterocycles. The molecule has 1 aliphatic rings. The van der Waals surface area contributed by atoms with Gasteiger partial charge in [-0.2, -0.15) is 0 Å². The van der Waals surface area contributed by atoms with Crippen LogP contribution < -0.4 is 10.1 Å². The number of ether oxygens (including phenoxy) is 1. The molecule has 0 bridgehead atoms. The lowest BCUT2D eigenvalue weighted by atomic mass is 10.2. The summed E-state index contributed by atoms with van der Waals surface area (Å²) < 4.78 is 6.74. The molecule has 1 aliphatic carbocycles.